The fraction of sp³-hybridized carbons (Fsp3) is 0.350. The van der Waals surface area contributed by atoms with Crippen LogP contribution in [-0.2, 0) is 0 Å². The molecule has 2 aromatic carbocycles. The molecule has 3 aliphatic rings. The summed E-state index contributed by atoms with van der Waals surface area (Å²) in [6.07, 6.45) is 2.41. The Labute approximate surface area is 157 Å². The van der Waals surface area contributed by atoms with E-state index in [1.807, 2.05) is 12.1 Å². The van der Waals surface area contributed by atoms with Crippen LogP contribution in [0.5, 0.6) is 0 Å². The molecule has 3 heterocycles. The number of amides is 1. The van der Waals surface area contributed by atoms with Crippen molar-refractivity contribution in [2.24, 2.45) is 0 Å². The lowest BCUT2D eigenvalue weighted by atomic mass is 10.0. The second-order valence-electron chi connectivity index (χ2n) is 7.07. The monoisotopic (exact) mass is 366 g/mol. The van der Waals surface area contributed by atoms with E-state index in [2.05, 4.69) is 27.2 Å². The number of hydrogen-bond donors (Lipinski definition) is 1. The van der Waals surface area contributed by atoms with E-state index in [1.165, 1.54) is 55.9 Å². The van der Waals surface area contributed by atoms with Crippen LogP contribution in [0.1, 0.15) is 23.2 Å². The molecule has 3 aliphatic heterocycles. The molecule has 3 fully saturated rings. The number of fused-ring (bicyclic) bond motifs is 4. The fourth-order valence-electron chi connectivity index (χ4n) is 3.90. The van der Waals surface area contributed by atoms with Crippen LogP contribution in [0.25, 0.3) is 0 Å². The Morgan fingerprint density at radius 3 is 2.26 bits per heavy atom. The molecule has 7 heteroatoms. The van der Waals surface area contributed by atoms with Gasteiger partial charge in [-0.25, -0.2) is 0 Å². The predicted octanol–water partition coefficient (Wildman–Crippen LogP) is 3.13. The van der Waals surface area contributed by atoms with Gasteiger partial charge in [-0.15, -0.1) is 0 Å². The number of piperidine rings is 1. The smallest absolute Gasteiger partial charge is 0.269 e. The summed E-state index contributed by atoms with van der Waals surface area (Å²) in [6, 6.07) is 14.1. The Balaban J connectivity index is 1.43. The van der Waals surface area contributed by atoms with Gasteiger partial charge in [-0.05, 0) is 49.2 Å². The zero-order valence-corrected chi connectivity index (χ0v) is 15.0. The third-order valence-electron chi connectivity index (χ3n) is 5.45. The van der Waals surface area contributed by atoms with Crippen molar-refractivity contribution in [1.82, 2.24) is 4.90 Å². The number of carbonyl (C=O) groups is 1. The van der Waals surface area contributed by atoms with Crippen LogP contribution in [0.3, 0.4) is 0 Å². The zero-order valence-electron chi connectivity index (χ0n) is 15.0. The summed E-state index contributed by atoms with van der Waals surface area (Å²) in [5.74, 6) is -0.279. The van der Waals surface area contributed by atoms with Crippen LogP contribution in [0, 0.1) is 10.1 Å². The second-order valence-corrected chi connectivity index (χ2v) is 7.07. The molecular weight excluding hydrogens is 344 g/mol. The van der Waals surface area contributed by atoms with Gasteiger partial charge in [0.1, 0.15) is 0 Å². The van der Waals surface area contributed by atoms with Gasteiger partial charge in [0, 0.05) is 61.3 Å². The number of nitrogens with one attached hydrogen (secondary N) is 1. The number of non-ortho nitro benzene ring substituents is 1. The fourth-order valence-corrected chi connectivity index (χ4v) is 3.90. The zero-order chi connectivity index (χ0) is 18.8. The number of nitro groups is 1. The molecule has 1 amide bonds. The van der Waals surface area contributed by atoms with Gasteiger partial charge in [-0.3, -0.25) is 14.9 Å². The minimum absolute atomic E-state index is 0.0289. The highest BCUT2D eigenvalue weighted by molar-refractivity contribution is 6.04. The first-order valence-electron chi connectivity index (χ1n) is 9.25. The van der Waals surface area contributed by atoms with Gasteiger partial charge in [-0.1, -0.05) is 0 Å². The Hall–Kier alpha value is -2.93. The van der Waals surface area contributed by atoms with Crippen molar-refractivity contribution in [3.05, 3.63) is 64.2 Å². The molecule has 0 saturated carbocycles. The standard InChI is InChI=1S/C20H22N4O3/c25-20(15-1-5-19(6-2-15)24(26)27)21-16-3-7-17(8-4-16)23-14-13-22-11-9-18(23)10-12-22/h1-8,18H,9-14H2,(H,21,25). The van der Waals surface area contributed by atoms with Gasteiger partial charge in [0.2, 0.25) is 0 Å². The van der Waals surface area contributed by atoms with Crippen molar-refractivity contribution in [3.8, 4) is 0 Å². The maximum atomic E-state index is 12.3. The summed E-state index contributed by atoms with van der Waals surface area (Å²) in [5.41, 5.74) is 2.27. The SMILES string of the molecule is O=C(Nc1ccc(N2CCN3CCC2CC3)cc1)c1ccc([N+](=O)[O-])cc1. The first-order chi connectivity index (χ1) is 13.1. The van der Waals surface area contributed by atoms with Crippen molar-refractivity contribution in [1.29, 1.82) is 0 Å². The Bertz CT molecular complexity index is 827. The number of nitrogens with zero attached hydrogens (tertiary/aromatic N) is 3. The predicted molar refractivity (Wildman–Crippen MR) is 104 cm³/mol. The molecule has 1 N–H and O–H groups in total. The second kappa shape index (κ2) is 7.36. The third kappa shape index (κ3) is 3.78. The van der Waals surface area contributed by atoms with Crippen LogP contribution in [-0.4, -0.2) is 48.0 Å². The van der Waals surface area contributed by atoms with E-state index in [1.54, 1.807) is 0 Å². The largest absolute Gasteiger partial charge is 0.367 e. The van der Waals surface area contributed by atoms with Crippen molar-refractivity contribution >= 4 is 23.0 Å². The summed E-state index contributed by atoms with van der Waals surface area (Å²) < 4.78 is 0. The molecular formula is C20H22N4O3. The highest BCUT2D eigenvalue weighted by atomic mass is 16.6. The van der Waals surface area contributed by atoms with Gasteiger partial charge >= 0.3 is 0 Å². The molecule has 0 radical (unpaired) electrons. The molecule has 0 atom stereocenters. The van der Waals surface area contributed by atoms with Gasteiger partial charge in [0.05, 0.1) is 4.92 Å². The lowest BCUT2D eigenvalue weighted by Gasteiger charge is -2.33. The van der Waals surface area contributed by atoms with Crippen molar-refractivity contribution < 1.29 is 9.72 Å². The molecule has 7 nitrogen and oxygen atoms in total. The maximum Gasteiger partial charge on any atom is 0.269 e. The molecule has 0 spiro atoms. The normalized spacial score (nSPS) is 21.6. The molecule has 0 aliphatic carbocycles. The van der Waals surface area contributed by atoms with Crippen molar-refractivity contribution in [2.75, 3.05) is 36.4 Å². The van der Waals surface area contributed by atoms with Crippen LogP contribution in [0.4, 0.5) is 17.1 Å². The van der Waals surface area contributed by atoms with E-state index in [0.29, 0.717) is 17.3 Å². The number of carbonyl (C=O) groups excluding carboxylic acids is 1. The summed E-state index contributed by atoms with van der Waals surface area (Å²) in [6.45, 7) is 4.52. The number of anilines is 2. The molecule has 3 saturated heterocycles. The van der Waals surface area contributed by atoms with Crippen LogP contribution in [0.15, 0.2) is 48.5 Å². The highest BCUT2D eigenvalue weighted by Gasteiger charge is 2.28. The number of rotatable bonds is 4. The minimum Gasteiger partial charge on any atom is -0.367 e. The summed E-state index contributed by atoms with van der Waals surface area (Å²) in [7, 11) is 0. The van der Waals surface area contributed by atoms with E-state index in [4.69, 9.17) is 0 Å². The third-order valence-corrected chi connectivity index (χ3v) is 5.45. The molecule has 140 valence electrons. The maximum absolute atomic E-state index is 12.3. The van der Waals surface area contributed by atoms with E-state index < -0.39 is 4.92 Å². The molecule has 2 bridgehead atoms. The molecule has 5 rings (SSSR count). The number of nitro benzene ring substituents is 1. The van der Waals surface area contributed by atoms with Crippen LogP contribution < -0.4 is 10.2 Å². The minimum atomic E-state index is -0.479. The average molecular weight is 366 g/mol. The van der Waals surface area contributed by atoms with Gasteiger partial charge < -0.3 is 15.1 Å². The first kappa shape index (κ1) is 17.5. The van der Waals surface area contributed by atoms with E-state index in [9.17, 15) is 14.9 Å². The van der Waals surface area contributed by atoms with E-state index in [0.717, 1.165) is 13.1 Å². The summed E-state index contributed by atoms with van der Waals surface area (Å²) >= 11 is 0. The molecule has 27 heavy (non-hydrogen) atoms. The van der Waals surface area contributed by atoms with Crippen LogP contribution in [0.2, 0.25) is 0 Å². The van der Waals surface area contributed by atoms with Gasteiger partial charge in [0.15, 0.2) is 0 Å². The lowest BCUT2D eigenvalue weighted by Crippen LogP contribution is -2.37. The molecule has 0 aromatic heterocycles. The van der Waals surface area contributed by atoms with E-state index in [-0.39, 0.29) is 11.6 Å². The molecule has 0 unspecified atom stereocenters. The summed E-state index contributed by atoms with van der Waals surface area (Å²) in [4.78, 5) is 27.6. The Kier molecular flexibility index (Phi) is 4.77. The van der Waals surface area contributed by atoms with Gasteiger partial charge in [0.25, 0.3) is 11.6 Å². The van der Waals surface area contributed by atoms with Crippen molar-refractivity contribution in [3.63, 3.8) is 0 Å². The topological polar surface area (TPSA) is 78.7 Å². The summed E-state index contributed by atoms with van der Waals surface area (Å²) in [5, 5.41) is 13.6. The lowest BCUT2D eigenvalue weighted by molar-refractivity contribution is -0.384. The van der Waals surface area contributed by atoms with E-state index >= 15 is 0 Å². The van der Waals surface area contributed by atoms with Crippen molar-refractivity contribution in [2.45, 2.75) is 18.9 Å². The first-order valence-corrected chi connectivity index (χ1v) is 9.25. The molecule has 2 aromatic rings. The Morgan fingerprint density at radius 2 is 1.63 bits per heavy atom. The number of hydrogen-bond acceptors (Lipinski definition) is 5. The van der Waals surface area contributed by atoms with Crippen LogP contribution >= 0.6 is 0 Å². The Morgan fingerprint density at radius 1 is 0.963 bits per heavy atom. The highest BCUT2D eigenvalue weighted by Crippen LogP contribution is 2.27. The average Bonchev–Trinajstić information content (AvgIpc) is 3.02. The quantitative estimate of drug-likeness (QED) is 0.664. The van der Waals surface area contributed by atoms with Gasteiger partial charge in [-0.2, -0.15) is 0 Å². The number of benzene rings is 2.